The summed E-state index contributed by atoms with van der Waals surface area (Å²) >= 11 is 0. The second kappa shape index (κ2) is 1.71. The van der Waals surface area contributed by atoms with Gasteiger partial charge in [-0.05, 0) is 6.42 Å². The van der Waals surface area contributed by atoms with E-state index in [0.29, 0.717) is 5.92 Å². The molecule has 1 aliphatic rings. The van der Waals surface area contributed by atoms with Crippen molar-refractivity contribution in [2.45, 2.75) is 25.6 Å². The molecule has 1 saturated carbocycles. The van der Waals surface area contributed by atoms with Crippen molar-refractivity contribution in [3.63, 3.8) is 0 Å². The molecule has 0 radical (unpaired) electrons. The lowest BCUT2D eigenvalue weighted by Gasteiger charge is -2.04. The first-order valence-electron chi connectivity index (χ1n) is 3.00. The highest BCUT2D eigenvalue weighted by molar-refractivity contribution is 4.93. The van der Waals surface area contributed by atoms with Crippen LogP contribution in [0.1, 0.15) is 19.8 Å². The standard InChI is InChI=1S/C6H12O2/c1-3-5-4-6(5,7)8-2/h5,7H,3-4H2,1-2H3/t5-,6+/m0/s1. The van der Waals surface area contributed by atoms with Gasteiger partial charge in [0.15, 0.2) is 5.79 Å². The van der Waals surface area contributed by atoms with Crippen molar-refractivity contribution in [3.8, 4) is 0 Å². The highest BCUT2D eigenvalue weighted by Gasteiger charge is 2.52. The SMILES string of the molecule is CC[C@H]1C[C@@]1(O)OC. The van der Waals surface area contributed by atoms with Gasteiger partial charge < -0.3 is 9.84 Å². The summed E-state index contributed by atoms with van der Waals surface area (Å²) < 4.78 is 4.81. The Morgan fingerprint density at radius 3 is 2.62 bits per heavy atom. The maximum atomic E-state index is 9.18. The second-order valence-corrected chi connectivity index (χ2v) is 2.36. The minimum atomic E-state index is -0.741. The van der Waals surface area contributed by atoms with Crippen LogP contribution in [0.25, 0.3) is 0 Å². The lowest BCUT2D eigenvalue weighted by Crippen LogP contribution is -2.12. The number of hydrogen-bond acceptors (Lipinski definition) is 2. The molecule has 0 spiro atoms. The molecule has 0 aromatic heterocycles. The zero-order valence-corrected chi connectivity index (χ0v) is 5.35. The van der Waals surface area contributed by atoms with Crippen LogP contribution in [0.3, 0.4) is 0 Å². The summed E-state index contributed by atoms with van der Waals surface area (Å²) in [5.41, 5.74) is 0. The van der Waals surface area contributed by atoms with Gasteiger partial charge in [-0.25, -0.2) is 0 Å². The first-order chi connectivity index (χ1) is 3.73. The molecule has 8 heavy (non-hydrogen) atoms. The zero-order valence-electron chi connectivity index (χ0n) is 5.35. The number of rotatable bonds is 2. The van der Waals surface area contributed by atoms with E-state index in [-0.39, 0.29) is 0 Å². The Morgan fingerprint density at radius 1 is 1.88 bits per heavy atom. The van der Waals surface area contributed by atoms with Gasteiger partial charge in [0.05, 0.1) is 0 Å². The molecular formula is C6H12O2. The minimum Gasteiger partial charge on any atom is -0.365 e. The molecule has 1 aliphatic carbocycles. The third-order valence-electron chi connectivity index (χ3n) is 1.86. The van der Waals surface area contributed by atoms with Crippen LogP contribution < -0.4 is 0 Å². The molecule has 0 heterocycles. The molecule has 0 unspecified atom stereocenters. The highest BCUT2D eigenvalue weighted by atomic mass is 16.6. The molecule has 2 atom stereocenters. The number of ether oxygens (including phenoxy) is 1. The maximum absolute atomic E-state index is 9.18. The molecule has 0 aliphatic heterocycles. The summed E-state index contributed by atoms with van der Waals surface area (Å²) in [6, 6.07) is 0. The molecule has 0 aromatic carbocycles. The fraction of sp³-hybridized carbons (Fsp3) is 1.00. The number of methoxy groups -OCH3 is 1. The van der Waals surface area contributed by atoms with Crippen molar-refractivity contribution in [1.29, 1.82) is 0 Å². The molecule has 2 nitrogen and oxygen atoms in total. The monoisotopic (exact) mass is 116 g/mol. The van der Waals surface area contributed by atoms with E-state index in [4.69, 9.17) is 4.74 Å². The molecule has 2 heteroatoms. The van der Waals surface area contributed by atoms with E-state index < -0.39 is 5.79 Å². The molecular weight excluding hydrogens is 104 g/mol. The first-order valence-corrected chi connectivity index (χ1v) is 3.00. The van der Waals surface area contributed by atoms with Crippen molar-refractivity contribution >= 4 is 0 Å². The van der Waals surface area contributed by atoms with Crippen molar-refractivity contribution < 1.29 is 9.84 Å². The van der Waals surface area contributed by atoms with Crippen LogP contribution in [-0.4, -0.2) is 18.0 Å². The maximum Gasteiger partial charge on any atom is 0.168 e. The Morgan fingerprint density at radius 2 is 2.50 bits per heavy atom. The Labute approximate surface area is 49.5 Å². The van der Waals surface area contributed by atoms with Crippen LogP contribution in [-0.2, 0) is 4.74 Å². The molecule has 1 N–H and O–H groups in total. The highest BCUT2D eigenvalue weighted by Crippen LogP contribution is 2.45. The fourth-order valence-corrected chi connectivity index (χ4v) is 1.01. The van der Waals surface area contributed by atoms with Gasteiger partial charge in [0.25, 0.3) is 0 Å². The molecule has 48 valence electrons. The third kappa shape index (κ3) is 0.740. The Kier molecular flexibility index (Phi) is 1.29. The average molecular weight is 116 g/mol. The largest absolute Gasteiger partial charge is 0.365 e. The van der Waals surface area contributed by atoms with Crippen LogP contribution in [0.2, 0.25) is 0 Å². The van der Waals surface area contributed by atoms with Gasteiger partial charge in [-0.1, -0.05) is 6.92 Å². The minimum absolute atomic E-state index is 0.396. The van der Waals surface area contributed by atoms with Gasteiger partial charge in [-0.15, -0.1) is 0 Å². The van der Waals surface area contributed by atoms with E-state index >= 15 is 0 Å². The van der Waals surface area contributed by atoms with Gasteiger partial charge in [0.2, 0.25) is 0 Å². The summed E-state index contributed by atoms with van der Waals surface area (Å²) in [5, 5.41) is 9.18. The summed E-state index contributed by atoms with van der Waals surface area (Å²) in [5.74, 6) is -0.345. The summed E-state index contributed by atoms with van der Waals surface area (Å²) in [4.78, 5) is 0. The van der Waals surface area contributed by atoms with Crippen molar-refractivity contribution in [1.82, 2.24) is 0 Å². The van der Waals surface area contributed by atoms with Gasteiger partial charge >= 0.3 is 0 Å². The quantitative estimate of drug-likeness (QED) is 0.539. The predicted octanol–water partition coefficient (Wildman–Crippen LogP) is 0.751. The van der Waals surface area contributed by atoms with Crippen LogP contribution in [0.4, 0.5) is 0 Å². The smallest absolute Gasteiger partial charge is 0.168 e. The molecule has 0 amide bonds. The van der Waals surface area contributed by atoms with Crippen LogP contribution >= 0.6 is 0 Å². The van der Waals surface area contributed by atoms with Crippen molar-refractivity contribution in [2.75, 3.05) is 7.11 Å². The molecule has 0 saturated heterocycles. The van der Waals surface area contributed by atoms with Crippen molar-refractivity contribution in [3.05, 3.63) is 0 Å². The van der Waals surface area contributed by atoms with E-state index in [9.17, 15) is 5.11 Å². The van der Waals surface area contributed by atoms with E-state index in [2.05, 4.69) is 6.92 Å². The van der Waals surface area contributed by atoms with Crippen LogP contribution in [0, 0.1) is 5.92 Å². The Balaban J connectivity index is 2.31. The van der Waals surface area contributed by atoms with Crippen LogP contribution in [0.5, 0.6) is 0 Å². The first kappa shape index (κ1) is 6.05. The molecule has 0 aromatic rings. The predicted molar refractivity (Wildman–Crippen MR) is 30.4 cm³/mol. The zero-order chi connectivity index (χ0) is 6.20. The molecule has 1 rings (SSSR count). The number of hydrogen-bond donors (Lipinski definition) is 1. The fourth-order valence-electron chi connectivity index (χ4n) is 1.01. The third-order valence-corrected chi connectivity index (χ3v) is 1.86. The van der Waals surface area contributed by atoms with Gasteiger partial charge in [-0.3, -0.25) is 0 Å². The average Bonchev–Trinajstić information content (AvgIpc) is 2.44. The van der Waals surface area contributed by atoms with Crippen molar-refractivity contribution in [2.24, 2.45) is 5.92 Å². The van der Waals surface area contributed by atoms with Gasteiger partial charge in [-0.2, -0.15) is 0 Å². The topological polar surface area (TPSA) is 29.5 Å². The normalized spacial score (nSPS) is 44.6. The summed E-state index contributed by atoms with van der Waals surface area (Å²) in [6.45, 7) is 2.06. The Hall–Kier alpha value is -0.0800. The van der Waals surface area contributed by atoms with Gasteiger partial charge in [0, 0.05) is 19.4 Å². The molecule has 0 bridgehead atoms. The summed E-state index contributed by atoms with van der Waals surface area (Å²) in [6.07, 6.45) is 1.84. The lowest BCUT2D eigenvalue weighted by atomic mass is 10.3. The van der Waals surface area contributed by atoms with E-state index in [1.54, 1.807) is 7.11 Å². The van der Waals surface area contributed by atoms with Gasteiger partial charge in [0.1, 0.15) is 0 Å². The Bertz CT molecular complexity index is 92.5. The lowest BCUT2D eigenvalue weighted by molar-refractivity contribution is -0.113. The summed E-state index contributed by atoms with van der Waals surface area (Å²) in [7, 11) is 1.55. The van der Waals surface area contributed by atoms with Crippen LogP contribution in [0.15, 0.2) is 0 Å². The van der Waals surface area contributed by atoms with E-state index in [0.717, 1.165) is 12.8 Å². The van der Waals surface area contributed by atoms with E-state index in [1.807, 2.05) is 0 Å². The number of aliphatic hydroxyl groups is 1. The molecule has 1 fully saturated rings. The second-order valence-electron chi connectivity index (χ2n) is 2.36. The van der Waals surface area contributed by atoms with E-state index in [1.165, 1.54) is 0 Å².